The average Bonchev–Trinajstić information content (AvgIpc) is 3.03. The summed E-state index contributed by atoms with van der Waals surface area (Å²) in [7, 11) is 0. The van der Waals surface area contributed by atoms with Crippen LogP contribution in [0.5, 0.6) is 0 Å². The molecule has 2 aromatic heterocycles. The second-order valence-corrected chi connectivity index (χ2v) is 7.08. The van der Waals surface area contributed by atoms with E-state index in [9.17, 15) is 19.5 Å². The largest absolute Gasteiger partial charge is 0.478 e. The molecule has 0 aliphatic carbocycles. The number of carbonyl (C=O) groups excluding carboxylic acids is 1. The third kappa shape index (κ3) is 3.90. The summed E-state index contributed by atoms with van der Waals surface area (Å²) < 4.78 is 1.27. The van der Waals surface area contributed by atoms with Gasteiger partial charge in [-0.05, 0) is 31.0 Å². The van der Waals surface area contributed by atoms with Crippen molar-refractivity contribution in [3.63, 3.8) is 0 Å². The number of aryl methyl sites for hydroxylation is 2. The second-order valence-electron chi connectivity index (χ2n) is 6.22. The molecule has 27 heavy (non-hydrogen) atoms. The Morgan fingerprint density at radius 3 is 2.78 bits per heavy atom. The molecule has 140 valence electrons. The number of fused-ring (bicyclic) bond motifs is 1. The Kier molecular flexibility index (Phi) is 5.36. The molecule has 0 radical (unpaired) electrons. The van der Waals surface area contributed by atoms with E-state index in [4.69, 9.17) is 0 Å². The zero-order valence-corrected chi connectivity index (χ0v) is 15.8. The van der Waals surface area contributed by atoms with E-state index in [-0.39, 0.29) is 23.4 Å². The number of carboxylic acid groups (broad SMARTS) is 1. The van der Waals surface area contributed by atoms with Gasteiger partial charge in [0.25, 0.3) is 5.56 Å². The van der Waals surface area contributed by atoms with Gasteiger partial charge in [0.15, 0.2) is 0 Å². The number of anilines is 1. The minimum atomic E-state index is -1.18. The highest BCUT2D eigenvalue weighted by molar-refractivity contribution is 7.17. The third-order valence-corrected chi connectivity index (χ3v) is 4.95. The number of thiophene rings is 1. The van der Waals surface area contributed by atoms with E-state index >= 15 is 0 Å². The van der Waals surface area contributed by atoms with Gasteiger partial charge in [-0.3, -0.25) is 14.2 Å². The van der Waals surface area contributed by atoms with Crippen molar-refractivity contribution in [2.75, 3.05) is 5.32 Å². The summed E-state index contributed by atoms with van der Waals surface area (Å²) in [6.07, 6.45) is 1.26. The predicted molar refractivity (Wildman–Crippen MR) is 105 cm³/mol. The van der Waals surface area contributed by atoms with Crippen molar-refractivity contribution in [3.8, 4) is 0 Å². The molecule has 0 aliphatic rings. The summed E-state index contributed by atoms with van der Waals surface area (Å²) in [5.41, 5.74) is 1.06. The molecule has 2 N–H and O–H groups in total. The summed E-state index contributed by atoms with van der Waals surface area (Å²) in [4.78, 5) is 41.6. The Morgan fingerprint density at radius 2 is 2.11 bits per heavy atom. The first-order valence-corrected chi connectivity index (χ1v) is 9.39. The molecule has 2 heterocycles. The fraction of sp³-hybridized carbons (Fsp3) is 0.263. The number of amides is 1. The molecule has 0 bridgehead atoms. The van der Waals surface area contributed by atoms with Gasteiger partial charge in [0.05, 0.1) is 10.9 Å². The first-order chi connectivity index (χ1) is 12.9. The number of nitrogens with zero attached hydrogens (tertiary/aromatic N) is 2. The van der Waals surface area contributed by atoms with Crippen LogP contribution in [-0.4, -0.2) is 26.5 Å². The van der Waals surface area contributed by atoms with E-state index in [1.54, 1.807) is 6.07 Å². The zero-order valence-electron chi connectivity index (χ0n) is 15.0. The fourth-order valence-corrected chi connectivity index (χ4v) is 3.79. The molecular weight excluding hydrogens is 366 g/mol. The zero-order chi connectivity index (χ0) is 19.6. The molecule has 0 fully saturated rings. The van der Waals surface area contributed by atoms with Gasteiger partial charge in [0.2, 0.25) is 5.91 Å². The third-order valence-electron chi connectivity index (χ3n) is 4.08. The lowest BCUT2D eigenvalue weighted by molar-refractivity contribution is -0.116. The molecule has 3 aromatic rings. The standard InChI is InChI=1S/C19H19N3O4S/c1-3-5-14-21-17-16(13(10-27-17)19(25)26)18(24)22(14)9-15(23)20-12-7-4-6-11(2)8-12/h4,6-8,10H,3,5,9H2,1-2H3,(H,20,23)(H,25,26). The van der Waals surface area contributed by atoms with Crippen molar-refractivity contribution in [1.29, 1.82) is 0 Å². The lowest BCUT2D eigenvalue weighted by Crippen LogP contribution is -2.31. The molecule has 7 nitrogen and oxygen atoms in total. The van der Waals surface area contributed by atoms with Crippen LogP contribution >= 0.6 is 11.3 Å². The Hall–Kier alpha value is -3.00. The lowest BCUT2D eigenvalue weighted by Gasteiger charge is -2.12. The van der Waals surface area contributed by atoms with E-state index in [0.717, 1.165) is 23.3 Å². The van der Waals surface area contributed by atoms with E-state index in [1.807, 2.05) is 32.0 Å². The van der Waals surface area contributed by atoms with E-state index < -0.39 is 11.5 Å². The molecular formula is C19H19N3O4S. The Balaban J connectivity index is 2.00. The smallest absolute Gasteiger partial charge is 0.337 e. The number of benzene rings is 1. The SMILES string of the molecule is CCCc1nc2scc(C(=O)O)c2c(=O)n1CC(=O)Nc1cccc(C)c1. The van der Waals surface area contributed by atoms with Crippen molar-refractivity contribution in [1.82, 2.24) is 9.55 Å². The number of carboxylic acids is 1. The predicted octanol–water partition coefficient (Wildman–Crippen LogP) is 3.06. The Bertz CT molecular complexity index is 1080. The van der Waals surface area contributed by atoms with Crippen LogP contribution in [0, 0.1) is 6.92 Å². The van der Waals surface area contributed by atoms with Gasteiger partial charge in [-0.1, -0.05) is 19.1 Å². The number of aromatic carboxylic acids is 1. The van der Waals surface area contributed by atoms with Gasteiger partial charge in [-0.15, -0.1) is 11.3 Å². The number of nitrogens with one attached hydrogen (secondary N) is 1. The average molecular weight is 385 g/mol. The van der Waals surface area contributed by atoms with Gasteiger partial charge >= 0.3 is 5.97 Å². The van der Waals surface area contributed by atoms with E-state index in [2.05, 4.69) is 10.3 Å². The Morgan fingerprint density at radius 1 is 1.33 bits per heavy atom. The number of hydrogen-bond donors (Lipinski definition) is 2. The molecule has 1 aromatic carbocycles. The minimum Gasteiger partial charge on any atom is -0.478 e. The summed E-state index contributed by atoms with van der Waals surface area (Å²) in [5, 5.41) is 13.5. The van der Waals surface area contributed by atoms with E-state index in [1.165, 1.54) is 9.95 Å². The summed E-state index contributed by atoms with van der Waals surface area (Å²) >= 11 is 1.12. The Labute approximate surface area is 159 Å². The van der Waals surface area contributed by atoms with Gasteiger partial charge < -0.3 is 10.4 Å². The van der Waals surface area contributed by atoms with Crippen molar-refractivity contribution in [3.05, 3.63) is 57.0 Å². The van der Waals surface area contributed by atoms with Crippen LogP contribution < -0.4 is 10.9 Å². The lowest BCUT2D eigenvalue weighted by atomic mass is 10.2. The number of aromatic nitrogens is 2. The van der Waals surface area contributed by atoms with Crippen molar-refractivity contribution in [2.45, 2.75) is 33.2 Å². The molecule has 8 heteroatoms. The van der Waals surface area contributed by atoms with Crippen LogP contribution in [0.2, 0.25) is 0 Å². The molecule has 0 saturated carbocycles. The minimum absolute atomic E-state index is 0.0516. The number of hydrogen-bond acceptors (Lipinski definition) is 5. The van der Waals surface area contributed by atoms with Crippen molar-refractivity contribution >= 4 is 39.1 Å². The second kappa shape index (κ2) is 7.71. The van der Waals surface area contributed by atoms with Crippen LogP contribution in [0.1, 0.15) is 35.1 Å². The van der Waals surface area contributed by atoms with Crippen molar-refractivity contribution < 1.29 is 14.7 Å². The summed E-state index contributed by atoms with van der Waals surface area (Å²) in [6.45, 7) is 3.64. The maximum absolute atomic E-state index is 12.9. The normalized spacial score (nSPS) is 10.9. The number of carbonyl (C=O) groups is 2. The van der Waals surface area contributed by atoms with E-state index in [0.29, 0.717) is 22.8 Å². The molecule has 3 rings (SSSR count). The molecule has 1 amide bonds. The van der Waals surface area contributed by atoms with Crippen molar-refractivity contribution in [2.24, 2.45) is 0 Å². The highest BCUT2D eigenvalue weighted by Crippen LogP contribution is 2.22. The highest BCUT2D eigenvalue weighted by Gasteiger charge is 2.20. The van der Waals surface area contributed by atoms with Gasteiger partial charge in [0, 0.05) is 17.5 Å². The summed E-state index contributed by atoms with van der Waals surface area (Å²) in [5.74, 6) is -1.07. The van der Waals surface area contributed by atoms with Gasteiger partial charge in [-0.25, -0.2) is 9.78 Å². The topological polar surface area (TPSA) is 101 Å². The van der Waals surface area contributed by atoms with Crippen LogP contribution in [0.15, 0.2) is 34.4 Å². The highest BCUT2D eigenvalue weighted by atomic mass is 32.1. The van der Waals surface area contributed by atoms with Crippen LogP contribution in [0.25, 0.3) is 10.2 Å². The van der Waals surface area contributed by atoms with Gasteiger partial charge in [-0.2, -0.15) is 0 Å². The van der Waals surface area contributed by atoms with Gasteiger partial charge in [0.1, 0.15) is 17.2 Å². The quantitative estimate of drug-likeness (QED) is 0.679. The monoisotopic (exact) mass is 385 g/mol. The van der Waals surface area contributed by atoms with Crippen LogP contribution in [0.4, 0.5) is 5.69 Å². The van der Waals surface area contributed by atoms with Crippen LogP contribution in [0.3, 0.4) is 0 Å². The van der Waals surface area contributed by atoms with Crippen LogP contribution in [-0.2, 0) is 17.8 Å². The maximum atomic E-state index is 12.9. The molecule has 0 saturated heterocycles. The first-order valence-electron chi connectivity index (χ1n) is 8.51. The molecule has 0 atom stereocenters. The number of rotatable bonds is 6. The molecule has 0 unspecified atom stereocenters. The summed E-state index contributed by atoms with van der Waals surface area (Å²) in [6, 6.07) is 7.35. The first kappa shape index (κ1) is 18.8. The molecule has 0 spiro atoms. The molecule has 0 aliphatic heterocycles. The maximum Gasteiger partial charge on any atom is 0.337 e. The fourth-order valence-electron chi connectivity index (χ4n) is 2.87.